The molecule has 1 aliphatic rings. The van der Waals surface area contributed by atoms with Gasteiger partial charge in [0.1, 0.15) is 0 Å². The van der Waals surface area contributed by atoms with Gasteiger partial charge < -0.3 is 14.6 Å². The average Bonchev–Trinajstić information content (AvgIpc) is 3.21. The lowest BCUT2D eigenvalue weighted by atomic mass is 9.91. The molecule has 0 aromatic carbocycles. The SMILES string of the molecule is O=C(c1cnc(-c2cccnc2)nc1)N1CCC(O)(Cn2ccnc2)CC1. The highest BCUT2D eigenvalue weighted by molar-refractivity contribution is 5.93. The van der Waals surface area contributed by atoms with Crippen molar-refractivity contribution in [3.63, 3.8) is 0 Å². The van der Waals surface area contributed by atoms with E-state index in [9.17, 15) is 9.90 Å². The summed E-state index contributed by atoms with van der Waals surface area (Å²) in [5.74, 6) is 0.422. The lowest BCUT2D eigenvalue weighted by Crippen LogP contribution is -2.48. The number of piperidine rings is 1. The topological polar surface area (TPSA) is 97.0 Å². The number of pyridine rings is 1. The summed E-state index contributed by atoms with van der Waals surface area (Å²) >= 11 is 0. The summed E-state index contributed by atoms with van der Waals surface area (Å²) in [5, 5.41) is 10.8. The number of aromatic nitrogens is 5. The fourth-order valence-corrected chi connectivity index (χ4v) is 3.27. The van der Waals surface area contributed by atoms with Crippen molar-refractivity contribution < 1.29 is 9.90 Å². The minimum atomic E-state index is -0.821. The van der Waals surface area contributed by atoms with Crippen LogP contribution >= 0.6 is 0 Å². The Balaban J connectivity index is 1.39. The third-order valence-electron chi connectivity index (χ3n) is 4.84. The van der Waals surface area contributed by atoms with Crippen molar-refractivity contribution in [2.45, 2.75) is 25.0 Å². The molecule has 0 aliphatic carbocycles. The van der Waals surface area contributed by atoms with Crippen LogP contribution in [0.4, 0.5) is 0 Å². The summed E-state index contributed by atoms with van der Waals surface area (Å²) in [4.78, 5) is 31.1. The van der Waals surface area contributed by atoms with Gasteiger partial charge in [-0.05, 0) is 25.0 Å². The van der Waals surface area contributed by atoms with Gasteiger partial charge in [0.2, 0.25) is 0 Å². The molecule has 0 spiro atoms. The predicted molar refractivity (Wildman–Crippen MR) is 97.6 cm³/mol. The van der Waals surface area contributed by atoms with Gasteiger partial charge in [0.05, 0.1) is 24.0 Å². The van der Waals surface area contributed by atoms with Gasteiger partial charge >= 0.3 is 0 Å². The lowest BCUT2D eigenvalue weighted by molar-refractivity contribution is -0.0292. The van der Waals surface area contributed by atoms with E-state index >= 15 is 0 Å². The lowest BCUT2D eigenvalue weighted by Gasteiger charge is -2.38. The summed E-state index contributed by atoms with van der Waals surface area (Å²) in [6.07, 6.45) is 12.7. The molecule has 1 aliphatic heterocycles. The fourth-order valence-electron chi connectivity index (χ4n) is 3.27. The highest BCUT2D eigenvalue weighted by atomic mass is 16.3. The Bertz CT molecular complexity index is 888. The molecule has 27 heavy (non-hydrogen) atoms. The van der Waals surface area contributed by atoms with E-state index in [1.165, 1.54) is 0 Å². The zero-order valence-corrected chi connectivity index (χ0v) is 14.8. The first-order valence-electron chi connectivity index (χ1n) is 8.83. The van der Waals surface area contributed by atoms with Crippen LogP contribution in [0.15, 0.2) is 55.6 Å². The molecular formula is C19H20N6O2. The maximum absolute atomic E-state index is 12.7. The number of carbonyl (C=O) groups is 1. The van der Waals surface area contributed by atoms with Crippen LogP contribution in [0.1, 0.15) is 23.2 Å². The molecule has 8 heteroatoms. The van der Waals surface area contributed by atoms with Gasteiger partial charge in [-0.1, -0.05) is 0 Å². The quantitative estimate of drug-likeness (QED) is 0.752. The Labute approximate surface area is 156 Å². The van der Waals surface area contributed by atoms with E-state index in [1.807, 2.05) is 22.9 Å². The maximum Gasteiger partial charge on any atom is 0.256 e. The van der Waals surface area contributed by atoms with Crippen molar-refractivity contribution in [3.8, 4) is 11.4 Å². The van der Waals surface area contributed by atoms with Crippen molar-refractivity contribution in [2.75, 3.05) is 13.1 Å². The molecule has 1 fully saturated rings. The molecule has 4 rings (SSSR count). The number of hydrogen-bond acceptors (Lipinski definition) is 6. The molecule has 138 valence electrons. The van der Waals surface area contributed by atoms with Gasteiger partial charge in [-0.15, -0.1) is 0 Å². The molecule has 3 aromatic rings. The third-order valence-corrected chi connectivity index (χ3v) is 4.84. The van der Waals surface area contributed by atoms with E-state index in [0.717, 1.165) is 5.56 Å². The minimum absolute atomic E-state index is 0.114. The van der Waals surface area contributed by atoms with Gasteiger partial charge in [0.25, 0.3) is 5.91 Å². The zero-order valence-electron chi connectivity index (χ0n) is 14.8. The monoisotopic (exact) mass is 364 g/mol. The molecule has 1 N–H and O–H groups in total. The van der Waals surface area contributed by atoms with Crippen LogP contribution in [0.25, 0.3) is 11.4 Å². The Morgan fingerprint density at radius 3 is 2.52 bits per heavy atom. The molecule has 3 aromatic heterocycles. The van der Waals surface area contributed by atoms with Crippen LogP contribution in [-0.4, -0.2) is 59.1 Å². The number of hydrogen-bond donors (Lipinski definition) is 1. The van der Waals surface area contributed by atoms with E-state index < -0.39 is 5.60 Å². The molecule has 0 bridgehead atoms. The second kappa shape index (κ2) is 7.24. The van der Waals surface area contributed by atoms with Crippen LogP contribution in [-0.2, 0) is 6.54 Å². The predicted octanol–water partition coefficient (Wildman–Crippen LogP) is 1.40. The summed E-state index contributed by atoms with van der Waals surface area (Å²) < 4.78 is 1.86. The molecule has 4 heterocycles. The Hall–Kier alpha value is -3.13. The molecule has 0 radical (unpaired) electrons. The van der Waals surface area contributed by atoms with E-state index in [2.05, 4.69) is 19.9 Å². The number of rotatable bonds is 4. The fraction of sp³-hybridized carbons (Fsp3) is 0.316. The highest BCUT2D eigenvalue weighted by Crippen LogP contribution is 2.25. The molecule has 1 saturated heterocycles. The molecule has 8 nitrogen and oxygen atoms in total. The van der Waals surface area contributed by atoms with Crippen molar-refractivity contribution in [2.24, 2.45) is 0 Å². The Morgan fingerprint density at radius 2 is 1.89 bits per heavy atom. The molecule has 0 unspecified atom stereocenters. The highest BCUT2D eigenvalue weighted by Gasteiger charge is 2.34. The van der Waals surface area contributed by atoms with Gasteiger partial charge in [-0.2, -0.15) is 0 Å². The van der Waals surface area contributed by atoms with Gasteiger partial charge in [0.15, 0.2) is 5.82 Å². The van der Waals surface area contributed by atoms with Crippen LogP contribution in [0.2, 0.25) is 0 Å². The first-order valence-corrected chi connectivity index (χ1v) is 8.83. The summed E-state index contributed by atoms with van der Waals surface area (Å²) in [5.41, 5.74) is 0.430. The molecule has 1 amide bonds. The third kappa shape index (κ3) is 3.85. The summed E-state index contributed by atoms with van der Waals surface area (Å²) in [6, 6.07) is 3.69. The normalized spacial score (nSPS) is 16.3. The largest absolute Gasteiger partial charge is 0.388 e. The number of amides is 1. The van der Waals surface area contributed by atoms with E-state index in [0.29, 0.717) is 43.9 Å². The number of aliphatic hydroxyl groups is 1. The molecule has 0 atom stereocenters. The number of carbonyl (C=O) groups excluding carboxylic acids is 1. The van der Waals surface area contributed by atoms with E-state index in [4.69, 9.17) is 0 Å². The minimum Gasteiger partial charge on any atom is -0.388 e. The van der Waals surface area contributed by atoms with Crippen LogP contribution in [0.3, 0.4) is 0 Å². The van der Waals surface area contributed by atoms with Crippen molar-refractivity contribution in [1.82, 2.24) is 29.4 Å². The Kier molecular flexibility index (Phi) is 4.64. The van der Waals surface area contributed by atoms with Crippen LogP contribution in [0, 0.1) is 0 Å². The van der Waals surface area contributed by atoms with Crippen molar-refractivity contribution in [1.29, 1.82) is 0 Å². The number of imidazole rings is 1. The maximum atomic E-state index is 12.7. The van der Waals surface area contributed by atoms with Crippen molar-refractivity contribution >= 4 is 5.91 Å². The molecular weight excluding hydrogens is 344 g/mol. The summed E-state index contributed by atoms with van der Waals surface area (Å²) in [6.45, 7) is 1.47. The first kappa shape index (κ1) is 17.3. The molecule has 0 saturated carbocycles. The number of likely N-dealkylation sites (tertiary alicyclic amines) is 1. The van der Waals surface area contributed by atoms with Crippen molar-refractivity contribution in [3.05, 3.63) is 61.2 Å². The van der Waals surface area contributed by atoms with E-state index in [1.54, 1.807) is 42.2 Å². The average molecular weight is 364 g/mol. The Morgan fingerprint density at radius 1 is 1.11 bits per heavy atom. The van der Waals surface area contributed by atoms with E-state index in [-0.39, 0.29) is 5.91 Å². The van der Waals surface area contributed by atoms with Gasteiger partial charge in [0, 0.05) is 55.8 Å². The standard InChI is InChI=1S/C19H20N6O2/c26-18(16-11-22-17(23-12-16)15-2-1-5-20-10-15)25-7-3-19(27,4-8-25)13-24-9-6-21-14-24/h1-2,5-6,9-12,14,27H,3-4,7-8,13H2. The second-order valence-corrected chi connectivity index (χ2v) is 6.79. The van der Waals surface area contributed by atoms with Crippen LogP contribution < -0.4 is 0 Å². The van der Waals surface area contributed by atoms with Gasteiger partial charge in [-0.3, -0.25) is 9.78 Å². The second-order valence-electron chi connectivity index (χ2n) is 6.79. The zero-order chi connectivity index (χ0) is 18.7. The first-order chi connectivity index (χ1) is 13.1. The summed E-state index contributed by atoms with van der Waals surface area (Å²) in [7, 11) is 0. The smallest absolute Gasteiger partial charge is 0.256 e. The number of nitrogens with zero attached hydrogens (tertiary/aromatic N) is 6. The van der Waals surface area contributed by atoms with Crippen LogP contribution in [0.5, 0.6) is 0 Å². The van der Waals surface area contributed by atoms with Gasteiger partial charge in [-0.25, -0.2) is 15.0 Å².